The predicted molar refractivity (Wildman–Crippen MR) is 81.6 cm³/mol. The number of para-hydroxylation sites is 1. The van der Waals surface area contributed by atoms with Crippen molar-refractivity contribution in [3.05, 3.63) is 29.8 Å². The summed E-state index contributed by atoms with van der Waals surface area (Å²) in [5.41, 5.74) is 0.896. The van der Waals surface area contributed by atoms with Crippen molar-refractivity contribution in [1.82, 2.24) is 0 Å². The zero-order chi connectivity index (χ0) is 15.1. The molecule has 0 amide bonds. The molecule has 3 rings (SSSR count). The van der Waals surface area contributed by atoms with E-state index in [9.17, 15) is 9.90 Å². The molecule has 1 fully saturated rings. The van der Waals surface area contributed by atoms with Gasteiger partial charge in [0.1, 0.15) is 5.75 Å². The van der Waals surface area contributed by atoms with Crippen LogP contribution in [0.2, 0.25) is 0 Å². The van der Waals surface area contributed by atoms with Gasteiger partial charge in [-0.25, -0.2) is 0 Å². The van der Waals surface area contributed by atoms with Gasteiger partial charge in [0.05, 0.1) is 12.0 Å². The first-order valence-corrected chi connectivity index (χ1v) is 7.87. The molecular formula is C18H24O3. The molecule has 1 saturated carbocycles. The normalized spacial score (nSPS) is 25.9. The van der Waals surface area contributed by atoms with Crippen LogP contribution in [-0.2, 0) is 4.79 Å². The van der Waals surface area contributed by atoms with Gasteiger partial charge in [-0.05, 0) is 43.6 Å². The van der Waals surface area contributed by atoms with Crippen molar-refractivity contribution in [2.24, 2.45) is 10.8 Å². The van der Waals surface area contributed by atoms with Crippen molar-refractivity contribution in [3.63, 3.8) is 0 Å². The monoisotopic (exact) mass is 288 g/mol. The van der Waals surface area contributed by atoms with Crippen LogP contribution in [0, 0.1) is 10.8 Å². The van der Waals surface area contributed by atoms with E-state index in [1.807, 2.05) is 18.2 Å². The summed E-state index contributed by atoms with van der Waals surface area (Å²) in [5, 5.41) is 9.83. The van der Waals surface area contributed by atoms with Crippen molar-refractivity contribution in [2.75, 3.05) is 6.61 Å². The summed E-state index contributed by atoms with van der Waals surface area (Å²) in [7, 11) is 0. The van der Waals surface area contributed by atoms with Crippen molar-refractivity contribution < 1.29 is 14.6 Å². The number of ether oxygens (including phenoxy) is 1. The number of carboxylic acid groups (broad SMARTS) is 1. The Morgan fingerprint density at radius 3 is 2.57 bits per heavy atom. The van der Waals surface area contributed by atoms with Gasteiger partial charge in [0.2, 0.25) is 0 Å². The summed E-state index contributed by atoms with van der Waals surface area (Å²) in [5.74, 6) is 0.528. The average Bonchev–Trinajstić information content (AvgIpc) is 2.84. The van der Waals surface area contributed by atoms with Gasteiger partial charge in [0.15, 0.2) is 0 Å². The van der Waals surface area contributed by atoms with E-state index in [1.54, 1.807) is 0 Å². The fourth-order valence-electron chi connectivity index (χ4n) is 3.78. The summed E-state index contributed by atoms with van der Waals surface area (Å²) < 4.78 is 5.73. The summed E-state index contributed by atoms with van der Waals surface area (Å²) >= 11 is 0. The predicted octanol–water partition coefficient (Wildman–Crippen LogP) is 4.22. The lowest BCUT2D eigenvalue weighted by atomic mass is 9.62. The van der Waals surface area contributed by atoms with E-state index in [4.69, 9.17) is 4.74 Å². The lowest BCUT2D eigenvalue weighted by molar-refractivity contribution is -0.153. The van der Waals surface area contributed by atoms with E-state index in [1.165, 1.54) is 5.56 Å². The number of hydrogen-bond acceptors (Lipinski definition) is 2. The molecule has 0 saturated heterocycles. The molecule has 1 heterocycles. The maximum absolute atomic E-state index is 11.9. The van der Waals surface area contributed by atoms with Crippen LogP contribution in [0.1, 0.15) is 57.4 Å². The Morgan fingerprint density at radius 1 is 1.24 bits per heavy atom. The van der Waals surface area contributed by atoms with Crippen LogP contribution in [0.5, 0.6) is 5.75 Å². The second-order valence-corrected chi connectivity index (χ2v) is 7.50. The van der Waals surface area contributed by atoms with Crippen molar-refractivity contribution in [1.29, 1.82) is 0 Å². The molecule has 1 aliphatic heterocycles. The number of benzene rings is 1. The molecule has 0 spiro atoms. The minimum absolute atomic E-state index is 0.221. The van der Waals surface area contributed by atoms with E-state index in [2.05, 4.69) is 19.9 Å². The second kappa shape index (κ2) is 5.04. The Bertz CT molecular complexity index is 537. The SMILES string of the molecule is CC1(C)CCC(CC2COc3ccccc32)(C(=O)O)CC1. The number of carboxylic acids is 1. The van der Waals surface area contributed by atoms with Crippen LogP contribution in [-0.4, -0.2) is 17.7 Å². The molecule has 0 radical (unpaired) electrons. The lowest BCUT2D eigenvalue weighted by Gasteiger charge is -2.41. The van der Waals surface area contributed by atoms with Gasteiger partial charge < -0.3 is 9.84 Å². The van der Waals surface area contributed by atoms with Gasteiger partial charge in [-0.1, -0.05) is 32.0 Å². The van der Waals surface area contributed by atoms with E-state index in [0.717, 1.165) is 31.4 Å². The third-order valence-corrected chi connectivity index (χ3v) is 5.45. The first kappa shape index (κ1) is 14.4. The minimum Gasteiger partial charge on any atom is -0.493 e. The van der Waals surface area contributed by atoms with Gasteiger partial charge in [-0.3, -0.25) is 4.79 Å². The smallest absolute Gasteiger partial charge is 0.309 e. The molecule has 1 unspecified atom stereocenters. The Kier molecular flexibility index (Phi) is 3.46. The zero-order valence-electron chi connectivity index (χ0n) is 12.9. The van der Waals surface area contributed by atoms with E-state index >= 15 is 0 Å². The van der Waals surface area contributed by atoms with Crippen LogP contribution in [0.25, 0.3) is 0 Å². The standard InChI is InChI=1S/C18H24O3/c1-17(2)7-9-18(10-8-17,16(19)20)11-13-12-21-15-6-4-3-5-14(13)15/h3-6,13H,7-12H2,1-2H3,(H,19,20). The molecule has 1 atom stereocenters. The number of aliphatic carboxylic acids is 1. The van der Waals surface area contributed by atoms with E-state index in [0.29, 0.717) is 13.0 Å². The Balaban J connectivity index is 1.80. The maximum atomic E-state index is 11.9. The number of fused-ring (bicyclic) bond motifs is 1. The molecule has 3 nitrogen and oxygen atoms in total. The van der Waals surface area contributed by atoms with E-state index in [-0.39, 0.29) is 11.3 Å². The fraction of sp³-hybridized carbons (Fsp3) is 0.611. The van der Waals surface area contributed by atoms with Crippen molar-refractivity contribution in [2.45, 2.75) is 51.9 Å². The van der Waals surface area contributed by atoms with E-state index < -0.39 is 11.4 Å². The molecule has 1 aromatic carbocycles. The molecule has 1 aliphatic carbocycles. The molecule has 0 bridgehead atoms. The van der Waals surface area contributed by atoms with Crippen LogP contribution in [0.15, 0.2) is 24.3 Å². The largest absolute Gasteiger partial charge is 0.493 e. The first-order chi connectivity index (χ1) is 9.92. The number of hydrogen-bond donors (Lipinski definition) is 1. The third kappa shape index (κ3) is 2.66. The van der Waals surface area contributed by atoms with Crippen LogP contribution in [0.3, 0.4) is 0 Å². The summed E-state index contributed by atoms with van der Waals surface area (Å²) in [6, 6.07) is 8.04. The van der Waals surface area contributed by atoms with Gasteiger partial charge in [0.25, 0.3) is 0 Å². The maximum Gasteiger partial charge on any atom is 0.309 e. The summed E-state index contributed by atoms with van der Waals surface area (Å²) in [4.78, 5) is 11.9. The van der Waals surface area contributed by atoms with Crippen molar-refractivity contribution in [3.8, 4) is 5.75 Å². The molecule has 1 aromatic rings. The molecule has 3 heteroatoms. The molecule has 1 N–H and O–H groups in total. The van der Waals surface area contributed by atoms with Gasteiger partial charge in [0, 0.05) is 11.5 Å². The van der Waals surface area contributed by atoms with Crippen LogP contribution >= 0.6 is 0 Å². The summed E-state index contributed by atoms with van der Waals surface area (Å²) in [6.07, 6.45) is 4.26. The molecule has 114 valence electrons. The van der Waals surface area contributed by atoms with Gasteiger partial charge in [-0.15, -0.1) is 0 Å². The lowest BCUT2D eigenvalue weighted by Crippen LogP contribution is -2.39. The highest BCUT2D eigenvalue weighted by molar-refractivity contribution is 5.75. The van der Waals surface area contributed by atoms with Gasteiger partial charge in [-0.2, -0.15) is 0 Å². The second-order valence-electron chi connectivity index (χ2n) is 7.50. The zero-order valence-corrected chi connectivity index (χ0v) is 12.9. The topological polar surface area (TPSA) is 46.5 Å². The van der Waals surface area contributed by atoms with Crippen LogP contribution < -0.4 is 4.74 Å². The minimum atomic E-state index is -0.623. The average molecular weight is 288 g/mol. The fourth-order valence-corrected chi connectivity index (χ4v) is 3.78. The first-order valence-electron chi connectivity index (χ1n) is 7.87. The number of rotatable bonds is 3. The Hall–Kier alpha value is -1.51. The highest BCUT2D eigenvalue weighted by atomic mass is 16.5. The van der Waals surface area contributed by atoms with Gasteiger partial charge >= 0.3 is 5.97 Å². The quantitative estimate of drug-likeness (QED) is 0.905. The Morgan fingerprint density at radius 2 is 1.90 bits per heavy atom. The highest BCUT2D eigenvalue weighted by Crippen LogP contribution is 2.51. The summed E-state index contributed by atoms with van der Waals surface area (Å²) in [6.45, 7) is 5.11. The molecule has 0 aromatic heterocycles. The molecule has 21 heavy (non-hydrogen) atoms. The number of carbonyl (C=O) groups is 1. The molecular weight excluding hydrogens is 264 g/mol. The Labute approximate surface area is 126 Å². The highest BCUT2D eigenvalue weighted by Gasteiger charge is 2.46. The molecule has 2 aliphatic rings. The van der Waals surface area contributed by atoms with Crippen LogP contribution in [0.4, 0.5) is 0 Å². The van der Waals surface area contributed by atoms with Crippen molar-refractivity contribution >= 4 is 5.97 Å². The third-order valence-electron chi connectivity index (χ3n) is 5.45.